The molecule has 0 aliphatic rings. The summed E-state index contributed by atoms with van der Waals surface area (Å²) in [7, 11) is 0. The lowest BCUT2D eigenvalue weighted by Crippen LogP contribution is -2.33. The van der Waals surface area contributed by atoms with Gasteiger partial charge in [0, 0.05) is 11.8 Å². The molecule has 0 unspecified atom stereocenters. The molecule has 44 heavy (non-hydrogen) atoms. The number of hydrogen-bond acceptors (Lipinski definition) is 9. The summed E-state index contributed by atoms with van der Waals surface area (Å²) in [5.41, 5.74) is 0.148. The van der Waals surface area contributed by atoms with Crippen LogP contribution >= 0.6 is 0 Å². The van der Waals surface area contributed by atoms with Crippen LogP contribution in [0, 0.1) is 0 Å². The summed E-state index contributed by atoms with van der Waals surface area (Å²) in [4.78, 5) is 50.0. The highest BCUT2D eigenvalue weighted by Crippen LogP contribution is 2.39. The number of furan rings is 1. The van der Waals surface area contributed by atoms with Crippen molar-refractivity contribution in [3.8, 4) is 17.2 Å². The van der Waals surface area contributed by atoms with Gasteiger partial charge in [0.15, 0.2) is 17.0 Å². The molecule has 5 rings (SSSR count). The van der Waals surface area contributed by atoms with Crippen LogP contribution in [0.15, 0.2) is 75.2 Å². The van der Waals surface area contributed by atoms with Gasteiger partial charge in [-0.3, -0.25) is 14.0 Å². The van der Waals surface area contributed by atoms with Gasteiger partial charge in [-0.05, 0) is 70.2 Å². The first kappa shape index (κ1) is 30.1. The molecule has 0 spiro atoms. The Labute approximate surface area is 252 Å². The first-order chi connectivity index (χ1) is 21.4. The first-order valence-corrected chi connectivity index (χ1v) is 14.3. The summed E-state index contributed by atoms with van der Waals surface area (Å²) in [6.45, 7) is 8.17. The van der Waals surface area contributed by atoms with E-state index in [2.05, 4.69) is 4.99 Å². The third-order valence-electron chi connectivity index (χ3n) is 6.54. The van der Waals surface area contributed by atoms with Crippen LogP contribution in [0.2, 0.25) is 0 Å². The predicted octanol–water partition coefficient (Wildman–Crippen LogP) is 4.40. The Bertz CT molecular complexity index is 1930. The third-order valence-corrected chi connectivity index (χ3v) is 6.54. The van der Waals surface area contributed by atoms with E-state index in [1.807, 2.05) is 20.8 Å². The fourth-order valence-electron chi connectivity index (χ4n) is 4.74. The minimum atomic E-state index is -0.761. The van der Waals surface area contributed by atoms with E-state index in [0.717, 1.165) is 0 Å². The van der Waals surface area contributed by atoms with Crippen LogP contribution in [-0.2, 0) is 11.3 Å². The van der Waals surface area contributed by atoms with Crippen molar-refractivity contribution in [1.82, 2.24) is 14.0 Å². The number of fused-ring (bicyclic) bond motifs is 2. The molecule has 0 aliphatic carbocycles. The Morgan fingerprint density at radius 3 is 2.27 bits per heavy atom. The number of nitrogens with zero attached hydrogens (tertiary/aromatic N) is 4. The van der Waals surface area contributed by atoms with Crippen LogP contribution in [0.4, 0.5) is 0 Å². The average molecular weight is 601 g/mol. The molecular formula is C32H32N4O8. The fraction of sp³-hybridized carbons (Fsp3) is 0.281. The maximum absolute atomic E-state index is 13.9. The second kappa shape index (κ2) is 13.3. The van der Waals surface area contributed by atoms with E-state index in [1.165, 1.54) is 33.4 Å². The Morgan fingerprint density at radius 1 is 0.909 bits per heavy atom. The quantitative estimate of drug-likeness (QED) is 0.160. The number of aromatic nitrogens is 3. The normalized spacial score (nSPS) is 11.6. The van der Waals surface area contributed by atoms with Gasteiger partial charge >= 0.3 is 5.97 Å². The van der Waals surface area contributed by atoms with Crippen LogP contribution in [-0.4, -0.2) is 52.3 Å². The van der Waals surface area contributed by atoms with Crippen LogP contribution in [0.25, 0.3) is 16.7 Å². The van der Waals surface area contributed by atoms with Gasteiger partial charge in [0.1, 0.15) is 22.6 Å². The van der Waals surface area contributed by atoms with Crippen LogP contribution in [0.3, 0.4) is 0 Å². The maximum atomic E-state index is 13.9. The van der Waals surface area contributed by atoms with E-state index in [1.54, 1.807) is 43.5 Å². The molecule has 1 amide bonds. The lowest BCUT2D eigenvalue weighted by molar-refractivity contribution is 0.0523. The smallest absolute Gasteiger partial charge is 0.341 e. The van der Waals surface area contributed by atoms with E-state index >= 15 is 0 Å². The Hall–Kier alpha value is -5.39. The van der Waals surface area contributed by atoms with Crippen LogP contribution in [0.1, 0.15) is 54.2 Å². The van der Waals surface area contributed by atoms with Gasteiger partial charge in [-0.1, -0.05) is 6.07 Å². The summed E-state index contributed by atoms with van der Waals surface area (Å²) in [5, 5.41) is 0.132. The van der Waals surface area contributed by atoms with Crippen molar-refractivity contribution in [3.05, 3.63) is 93.7 Å². The van der Waals surface area contributed by atoms with E-state index in [9.17, 15) is 14.4 Å². The highest BCUT2D eigenvalue weighted by molar-refractivity contribution is 5.98. The minimum absolute atomic E-state index is 0.00990. The number of ether oxygens (including phenoxy) is 4. The molecule has 0 N–H and O–H groups in total. The Morgan fingerprint density at radius 2 is 1.64 bits per heavy atom. The van der Waals surface area contributed by atoms with Gasteiger partial charge in [-0.15, -0.1) is 0 Å². The second-order valence-electron chi connectivity index (χ2n) is 9.37. The number of rotatable bonds is 11. The number of carbonyl (C=O) groups excluding carboxylic acids is 2. The second-order valence-corrected chi connectivity index (χ2v) is 9.37. The molecule has 12 heteroatoms. The number of carbonyl (C=O) groups is 2. The van der Waals surface area contributed by atoms with E-state index in [-0.39, 0.29) is 40.8 Å². The summed E-state index contributed by atoms with van der Waals surface area (Å²) in [5.74, 6) is 0.0128. The highest BCUT2D eigenvalue weighted by atomic mass is 16.5. The zero-order valence-electron chi connectivity index (χ0n) is 24.9. The van der Waals surface area contributed by atoms with Crippen molar-refractivity contribution < 1.29 is 33.0 Å². The van der Waals surface area contributed by atoms with Crippen LogP contribution < -0.4 is 25.3 Å². The molecule has 228 valence electrons. The lowest BCUT2D eigenvalue weighted by Gasteiger charge is -2.17. The Kier molecular flexibility index (Phi) is 9.08. The predicted molar refractivity (Wildman–Crippen MR) is 161 cm³/mol. The highest BCUT2D eigenvalue weighted by Gasteiger charge is 2.23. The van der Waals surface area contributed by atoms with Gasteiger partial charge in [0.25, 0.3) is 11.5 Å². The number of esters is 1. The molecule has 5 aromatic rings. The van der Waals surface area contributed by atoms with Crippen molar-refractivity contribution in [2.45, 2.75) is 34.2 Å². The summed E-state index contributed by atoms with van der Waals surface area (Å²) < 4.78 is 31.1. The van der Waals surface area contributed by atoms with Gasteiger partial charge in [0.05, 0.1) is 44.6 Å². The van der Waals surface area contributed by atoms with Gasteiger partial charge in [0.2, 0.25) is 5.75 Å². The summed E-state index contributed by atoms with van der Waals surface area (Å²) in [6.07, 6.45) is 3.09. The summed E-state index contributed by atoms with van der Waals surface area (Å²) >= 11 is 0. The summed E-state index contributed by atoms with van der Waals surface area (Å²) in [6, 6.07) is 13.0. The van der Waals surface area contributed by atoms with E-state index < -0.39 is 17.4 Å². The van der Waals surface area contributed by atoms with E-state index in [0.29, 0.717) is 48.5 Å². The van der Waals surface area contributed by atoms with Gasteiger partial charge in [-0.2, -0.15) is 4.99 Å². The SMILES string of the molecule is CCOC(=O)c1cc2c(=O)n3ccccc3nc2n(Cc2ccco2)c1=NC(=O)c1cc(OCC)c(OCC)c(OCC)c1. The van der Waals surface area contributed by atoms with Crippen LogP contribution in [0.5, 0.6) is 17.2 Å². The Balaban J connectivity index is 1.83. The molecule has 0 radical (unpaired) electrons. The van der Waals surface area contributed by atoms with Gasteiger partial charge < -0.3 is 27.9 Å². The lowest BCUT2D eigenvalue weighted by atomic mass is 10.1. The average Bonchev–Trinajstić information content (AvgIpc) is 3.53. The molecule has 1 aromatic carbocycles. The van der Waals surface area contributed by atoms with Crippen molar-refractivity contribution in [2.75, 3.05) is 26.4 Å². The number of hydrogen-bond donors (Lipinski definition) is 0. The van der Waals surface area contributed by atoms with Gasteiger partial charge in [-0.25, -0.2) is 9.78 Å². The standard InChI is InChI=1S/C32H32N4O8/c1-5-40-24-16-20(17-25(41-6-2)27(24)42-7-3)30(37)34-29-23(32(39)43-8-4)18-22-28(36(29)19-21-12-11-15-44-21)33-26-13-9-10-14-35(26)31(22)38/h9-18H,5-8,19H2,1-4H3. The third kappa shape index (κ3) is 5.91. The zero-order chi connectivity index (χ0) is 31.2. The number of benzene rings is 1. The monoisotopic (exact) mass is 600 g/mol. The maximum Gasteiger partial charge on any atom is 0.341 e. The molecule has 0 aliphatic heterocycles. The van der Waals surface area contributed by atoms with E-state index in [4.69, 9.17) is 28.3 Å². The number of amides is 1. The molecule has 12 nitrogen and oxygen atoms in total. The molecule has 4 aromatic heterocycles. The topological polar surface area (TPSA) is 136 Å². The van der Waals surface area contributed by atoms with Crippen molar-refractivity contribution >= 4 is 28.6 Å². The molecule has 0 fully saturated rings. The molecule has 0 saturated carbocycles. The minimum Gasteiger partial charge on any atom is -0.490 e. The largest absolute Gasteiger partial charge is 0.490 e. The molecule has 4 heterocycles. The number of pyridine rings is 2. The molecule has 0 saturated heterocycles. The fourth-order valence-corrected chi connectivity index (χ4v) is 4.74. The van der Waals surface area contributed by atoms with Crippen molar-refractivity contribution in [2.24, 2.45) is 4.99 Å². The molecule has 0 bridgehead atoms. The molecule has 0 atom stereocenters. The zero-order valence-corrected chi connectivity index (χ0v) is 24.9. The van der Waals surface area contributed by atoms with Crippen molar-refractivity contribution in [1.29, 1.82) is 0 Å². The molecular weight excluding hydrogens is 568 g/mol. The van der Waals surface area contributed by atoms with Crippen molar-refractivity contribution in [3.63, 3.8) is 0 Å². The first-order valence-electron chi connectivity index (χ1n) is 14.3.